The molecular formula is C39H60O15. The van der Waals surface area contributed by atoms with E-state index in [1.165, 1.54) is 5.57 Å². The van der Waals surface area contributed by atoms with E-state index >= 15 is 0 Å². The molecule has 54 heavy (non-hydrogen) atoms. The number of carbonyl (C=O) groups excluding carboxylic acids is 1. The summed E-state index contributed by atoms with van der Waals surface area (Å²) in [5, 5.41) is 83.5. The summed E-state index contributed by atoms with van der Waals surface area (Å²) in [5.74, 6) is 0.156. The van der Waals surface area contributed by atoms with Crippen LogP contribution in [0, 0.1) is 46.3 Å². The molecule has 8 aliphatic rings. The molecule has 0 unspecified atom stereocenters. The molecule has 4 saturated heterocycles. The number of aliphatic hydroxyl groups is 8. The van der Waals surface area contributed by atoms with Gasteiger partial charge in [-0.3, -0.25) is 4.79 Å². The van der Waals surface area contributed by atoms with Gasteiger partial charge in [0, 0.05) is 36.0 Å². The van der Waals surface area contributed by atoms with Gasteiger partial charge in [-0.1, -0.05) is 39.3 Å². The SMILES string of the molecule is C[C@@H]1CO[C@]2(C[C@@H]1O)O[C@H]1C[C@H]3[C@@H]4CC=C5C[C@@H](O[C@@H]6O[C@H](CO)[C@H](O[C@@H]7O[C@H](CO)[C@@H](O)[C@H](O)[C@H]7O)[C@H](O)[C@H]6O)CC[C@]5(C)[C@H]4CC(=O)[C@]3(C)[C@H]1[C@@H]2C. The maximum atomic E-state index is 14.5. The van der Waals surface area contributed by atoms with Crippen molar-refractivity contribution in [1.82, 2.24) is 0 Å². The first-order valence-electron chi connectivity index (χ1n) is 20.0. The van der Waals surface area contributed by atoms with Crippen LogP contribution in [-0.2, 0) is 33.2 Å². The van der Waals surface area contributed by atoms with Crippen molar-refractivity contribution < 1.29 is 74.1 Å². The zero-order valence-corrected chi connectivity index (χ0v) is 31.6. The Bertz CT molecular complexity index is 1440. The molecule has 0 bridgehead atoms. The number of aliphatic hydroxyl groups excluding tert-OH is 8. The summed E-state index contributed by atoms with van der Waals surface area (Å²) in [5.41, 5.74) is 0.462. The van der Waals surface area contributed by atoms with Gasteiger partial charge in [-0.2, -0.15) is 0 Å². The smallest absolute Gasteiger partial charge is 0.187 e. The molecule has 306 valence electrons. The first-order chi connectivity index (χ1) is 25.6. The summed E-state index contributed by atoms with van der Waals surface area (Å²) in [7, 11) is 0. The van der Waals surface area contributed by atoms with Gasteiger partial charge in [-0.05, 0) is 55.3 Å². The van der Waals surface area contributed by atoms with Gasteiger partial charge < -0.3 is 69.3 Å². The molecule has 0 aromatic heterocycles. The standard InChI is InChI=1S/C39H60O15/c1-16-15-49-39(12-23(16)42)17(2)28-24(54-39)10-22-20-6-5-18-9-19(7-8-37(18,3)21(20)11-27(43)38(22,28)4)50-35-33(48)31(46)34(26(14-41)52-35)53-36-32(47)30(45)29(44)25(13-40)51-36/h5,16-17,19-26,28-36,40-42,44-48H,6-15H2,1-4H3/t16-,17+,19+,20-,21+,22+,23+,24+,25-,26-,28+,29-,30+,31-,32-,33-,34+,35-,36+,37+,38-,39-/m1/s1. The van der Waals surface area contributed by atoms with Crippen molar-refractivity contribution in [3.8, 4) is 0 Å². The molecule has 15 heteroatoms. The lowest BCUT2D eigenvalue weighted by molar-refractivity contribution is -0.363. The lowest BCUT2D eigenvalue weighted by Crippen LogP contribution is -2.65. The van der Waals surface area contributed by atoms with Crippen molar-refractivity contribution in [3.63, 3.8) is 0 Å². The van der Waals surface area contributed by atoms with Crippen LogP contribution in [0.4, 0.5) is 0 Å². The maximum absolute atomic E-state index is 14.5. The van der Waals surface area contributed by atoms with Gasteiger partial charge in [-0.15, -0.1) is 0 Å². The van der Waals surface area contributed by atoms with E-state index in [4.69, 9.17) is 28.4 Å². The second-order valence-electron chi connectivity index (χ2n) is 18.3. The highest BCUT2D eigenvalue weighted by Gasteiger charge is 2.72. The molecule has 0 amide bonds. The van der Waals surface area contributed by atoms with E-state index in [1.807, 2.05) is 6.92 Å². The third kappa shape index (κ3) is 5.94. The molecule has 7 fully saturated rings. The second kappa shape index (κ2) is 14.3. The van der Waals surface area contributed by atoms with Gasteiger partial charge in [0.1, 0.15) is 54.6 Å². The molecule has 4 aliphatic heterocycles. The van der Waals surface area contributed by atoms with Crippen molar-refractivity contribution in [1.29, 1.82) is 0 Å². The number of ether oxygens (including phenoxy) is 6. The Labute approximate surface area is 315 Å². The Morgan fingerprint density at radius 3 is 2.24 bits per heavy atom. The van der Waals surface area contributed by atoms with Crippen molar-refractivity contribution in [2.24, 2.45) is 46.3 Å². The predicted octanol–water partition coefficient (Wildman–Crippen LogP) is -0.488. The van der Waals surface area contributed by atoms with Gasteiger partial charge in [-0.25, -0.2) is 0 Å². The Morgan fingerprint density at radius 2 is 1.54 bits per heavy atom. The average molecular weight is 769 g/mol. The molecule has 8 N–H and O–H groups in total. The van der Waals surface area contributed by atoms with Crippen LogP contribution in [0.25, 0.3) is 0 Å². The van der Waals surface area contributed by atoms with Crippen molar-refractivity contribution >= 4 is 5.78 Å². The monoisotopic (exact) mass is 768 g/mol. The van der Waals surface area contributed by atoms with Crippen LogP contribution in [0.5, 0.6) is 0 Å². The molecule has 22 atom stereocenters. The van der Waals surface area contributed by atoms with Crippen LogP contribution in [0.1, 0.15) is 72.6 Å². The van der Waals surface area contributed by atoms with Crippen LogP contribution in [0.2, 0.25) is 0 Å². The van der Waals surface area contributed by atoms with E-state index in [0.29, 0.717) is 44.0 Å². The molecule has 4 aliphatic carbocycles. The summed E-state index contributed by atoms with van der Waals surface area (Å²) in [6.45, 7) is 7.68. The third-order valence-corrected chi connectivity index (χ3v) is 15.6. The van der Waals surface area contributed by atoms with E-state index in [0.717, 1.165) is 19.3 Å². The van der Waals surface area contributed by atoms with Crippen LogP contribution in [-0.4, -0.2) is 152 Å². The third-order valence-electron chi connectivity index (χ3n) is 15.6. The molecule has 0 aromatic carbocycles. The largest absolute Gasteiger partial charge is 0.394 e. The van der Waals surface area contributed by atoms with Crippen LogP contribution < -0.4 is 0 Å². The predicted molar refractivity (Wildman–Crippen MR) is 185 cm³/mol. The molecule has 0 radical (unpaired) electrons. The lowest BCUT2D eigenvalue weighted by atomic mass is 9.46. The Balaban J connectivity index is 0.930. The van der Waals surface area contributed by atoms with Crippen molar-refractivity contribution in [2.45, 2.75) is 158 Å². The van der Waals surface area contributed by atoms with E-state index in [-0.39, 0.29) is 47.2 Å². The highest BCUT2D eigenvalue weighted by molar-refractivity contribution is 5.87. The molecule has 4 heterocycles. The number of carbonyl (C=O) groups is 1. The summed E-state index contributed by atoms with van der Waals surface area (Å²) in [6, 6.07) is 0. The number of hydrogen-bond acceptors (Lipinski definition) is 15. The van der Waals surface area contributed by atoms with E-state index in [2.05, 4.69) is 26.8 Å². The normalized spacial score (nSPS) is 57.2. The van der Waals surface area contributed by atoms with E-state index < -0.39 is 91.9 Å². The van der Waals surface area contributed by atoms with Gasteiger partial charge in [0.2, 0.25) is 0 Å². The number of Topliss-reactive ketones (excluding diaryl/α,β-unsaturated/α-hetero) is 1. The molecular weight excluding hydrogens is 708 g/mol. The molecule has 15 nitrogen and oxygen atoms in total. The quantitative estimate of drug-likeness (QED) is 0.159. The zero-order chi connectivity index (χ0) is 38.6. The van der Waals surface area contributed by atoms with E-state index in [1.54, 1.807) is 0 Å². The summed E-state index contributed by atoms with van der Waals surface area (Å²) >= 11 is 0. The first-order valence-corrected chi connectivity index (χ1v) is 20.0. The van der Waals surface area contributed by atoms with Gasteiger partial charge in [0.05, 0.1) is 38.1 Å². The average Bonchev–Trinajstić information content (AvgIpc) is 3.59. The number of hydrogen-bond donors (Lipinski definition) is 8. The lowest BCUT2D eigenvalue weighted by Gasteiger charge is -2.58. The highest BCUT2D eigenvalue weighted by Crippen LogP contribution is 2.69. The maximum Gasteiger partial charge on any atom is 0.187 e. The first kappa shape index (κ1) is 39.7. The minimum Gasteiger partial charge on any atom is -0.394 e. The van der Waals surface area contributed by atoms with E-state index in [9.17, 15) is 45.6 Å². The Hall–Kier alpha value is -1.15. The number of allylic oxidation sites excluding steroid dienone is 1. The fourth-order valence-electron chi connectivity index (χ4n) is 12.3. The highest BCUT2D eigenvalue weighted by atomic mass is 16.7. The van der Waals surface area contributed by atoms with Gasteiger partial charge in [0.15, 0.2) is 18.4 Å². The van der Waals surface area contributed by atoms with Crippen LogP contribution in [0.3, 0.4) is 0 Å². The minimum atomic E-state index is -1.75. The minimum absolute atomic E-state index is 0.0195. The topological polar surface area (TPSA) is 234 Å². The van der Waals surface area contributed by atoms with Crippen molar-refractivity contribution in [2.75, 3.05) is 19.8 Å². The van der Waals surface area contributed by atoms with Gasteiger partial charge >= 0.3 is 0 Å². The summed E-state index contributed by atoms with van der Waals surface area (Å²) in [6.07, 6.45) is -9.27. The molecule has 0 aromatic rings. The molecule has 3 saturated carbocycles. The van der Waals surface area contributed by atoms with Crippen molar-refractivity contribution in [3.05, 3.63) is 11.6 Å². The number of rotatable bonds is 6. The number of fused-ring (bicyclic) bond motifs is 7. The Morgan fingerprint density at radius 1 is 0.852 bits per heavy atom. The zero-order valence-electron chi connectivity index (χ0n) is 31.6. The Kier molecular flexibility index (Phi) is 10.5. The van der Waals surface area contributed by atoms with Crippen LogP contribution >= 0.6 is 0 Å². The fourth-order valence-corrected chi connectivity index (χ4v) is 12.3. The summed E-state index contributed by atoms with van der Waals surface area (Å²) in [4.78, 5) is 14.5. The second-order valence-corrected chi connectivity index (χ2v) is 18.3. The van der Waals surface area contributed by atoms with Crippen LogP contribution in [0.15, 0.2) is 11.6 Å². The fraction of sp³-hybridized carbons (Fsp3) is 0.923. The van der Waals surface area contributed by atoms with Gasteiger partial charge in [0.25, 0.3) is 0 Å². The number of ketones is 1. The summed E-state index contributed by atoms with van der Waals surface area (Å²) < 4.78 is 36.4. The molecule has 8 rings (SSSR count). The molecule has 1 spiro atoms.